The van der Waals surface area contributed by atoms with Crippen LogP contribution in [-0.2, 0) is 11.2 Å². The van der Waals surface area contributed by atoms with Gasteiger partial charge in [-0.2, -0.15) is 0 Å². The van der Waals surface area contributed by atoms with Crippen LogP contribution in [0.4, 0.5) is 0 Å². The number of nitrogens with one attached hydrogen (secondary N) is 1. The first kappa shape index (κ1) is 18.0. The summed E-state index contributed by atoms with van der Waals surface area (Å²) in [5.41, 5.74) is 2.10. The number of likely N-dealkylation sites (tertiary alicyclic amines) is 1. The second kappa shape index (κ2) is 7.61. The number of amides is 1. The summed E-state index contributed by atoms with van der Waals surface area (Å²) in [5.74, 6) is 0.679. The van der Waals surface area contributed by atoms with Gasteiger partial charge in [-0.25, -0.2) is 0 Å². The molecule has 136 valence electrons. The predicted octanol–water partition coefficient (Wildman–Crippen LogP) is 3.89. The Labute approximate surface area is 150 Å². The molecule has 1 unspecified atom stereocenters. The van der Waals surface area contributed by atoms with Crippen LogP contribution in [0.5, 0.6) is 0 Å². The Balaban J connectivity index is 1.60. The molecule has 1 atom stereocenters. The number of aryl methyl sites for hydroxylation is 1. The third-order valence-corrected chi connectivity index (χ3v) is 5.49. The first-order chi connectivity index (χ1) is 12.1. The van der Waals surface area contributed by atoms with Crippen molar-refractivity contribution in [3.8, 4) is 0 Å². The monoisotopic (exact) mass is 342 g/mol. The Morgan fingerprint density at radius 2 is 2.16 bits per heavy atom. The number of aliphatic hydroxyl groups excluding tert-OH is 1. The van der Waals surface area contributed by atoms with Crippen LogP contribution in [0.3, 0.4) is 0 Å². The fourth-order valence-electron chi connectivity index (χ4n) is 4.43. The van der Waals surface area contributed by atoms with E-state index in [0.717, 1.165) is 44.2 Å². The highest BCUT2D eigenvalue weighted by Gasteiger charge is 2.42. The van der Waals surface area contributed by atoms with Crippen LogP contribution >= 0.6 is 0 Å². The molecule has 0 aliphatic carbocycles. The van der Waals surface area contributed by atoms with Gasteiger partial charge < -0.3 is 15.0 Å². The molecule has 1 amide bonds. The first-order valence-electron chi connectivity index (χ1n) is 9.52. The second-order valence-electron chi connectivity index (χ2n) is 7.84. The molecule has 0 saturated carbocycles. The fourth-order valence-corrected chi connectivity index (χ4v) is 4.43. The van der Waals surface area contributed by atoms with Crippen LogP contribution in [-0.4, -0.2) is 39.6 Å². The number of carbonyl (C=O) groups is 1. The third kappa shape index (κ3) is 3.74. The number of para-hydroxylation sites is 1. The van der Waals surface area contributed by atoms with E-state index in [-0.39, 0.29) is 18.1 Å². The van der Waals surface area contributed by atoms with Gasteiger partial charge in [-0.3, -0.25) is 4.79 Å². The van der Waals surface area contributed by atoms with Crippen molar-refractivity contribution in [2.24, 2.45) is 5.92 Å². The molecule has 1 fully saturated rings. The molecule has 1 aromatic carbocycles. The topological polar surface area (TPSA) is 56.3 Å². The molecule has 4 nitrogen and oxygen atoms in total. The summed E-state index contributed by atoms with van der Waals surface area (Å²) in [6.07, 6.45) is 7.18. The molecular formula is C21H30N2O2. The summed E-state index contributed by atoms with van der Waals surface area (Å²) in [6.45, 7) is 5.20. The molecule has 0 spiro atoms. The van der Waals surface area contributed by atoms with Gasteiger partial charge >= 0.3 is 0 Å². The Morgan fingerprint density at radius 3 is 2.92 bits per heavy atom. The predicted molar refractivity (Wildman–Crippen MR) is 101 cm³/mol. The quantitative estimate of drug-likeness (QED) is 0.802. The van der Waals surface area contributed by atoms with Gasteiger partial charge in [0.15, 0.2) is 0 Å². The lowest BCUT2D eigenvalue weighted by Gasteiger charge is -2.38. The van der Waals surface area contributed by atoms with E-state index in [4.69, 9.17) is 0 Å². The van der Waals surface area contributed by atoms with E-state index >= 15 is 0 Å². The molecule has 2 aromatic rings. The number of aromatic nitrogens is 1. The van der Waals surface area contributed by atoms with Crippen LogP contribution in [0.1, 0.15) is 51.5 Å². The molecule has 1 aromatic heterocycles. The third-order valence-electron chi connectivity index (χ3n) is 5.49. The number of rotatable bonds is 7. The Hall–Kier alpha value is -1.81. The van der Waals surface area contributed by atoms with E-state index in [9.17, 15) is 9.90 Å². The van der Waals surface area contributed by atoms with Gasteiger partial charge in [0, 0.05) is 30.1 Å². The van der Waals surface area contributed by atoms with E-state index in [1.54, 1.807) is 0 Å². The average Bonchev–Trinajstić information content (AvgIpc) is 3.19. The van der Waals surface area contributed by atoms with Crippen molar-refractivity contribution >= 4 is 16.8 Å². The van der Waals surface area contributed by atoms with Gasteiger partial charge in [0.05, 0.1) is 12.1 Å². The maximum absolute atomic E-state index is 12.8. The number of H-pyrrole nitrogens is 1. The highest BCUT2D eigenvalue weighted by molar-refractivity contribution is 5.83. The number of fused-ring (bicyclic) bond motifs is 1. The molecule has 2 N–H and O–H groups in total. The van der Waals surface area contributed by atoms with Crippen molar-refractivity contribution in [1.29, 1.82) is 0 Å². The van der Waals surface area contributed by atoms with Crippen LogP contribution in [0, 0.1) is 5.92 Å². The largest absolute Gasteiger partial charge is 0.394 e. The van der Waals surface area contributed by atoms with Gasteiger partial charge in [0.25, 0.3) is 0 Å². The lowest BCUT2D eigenvalue weighted by Crippen LogP contribution is -2.50. The second-order valence-corrected chi connectivity index (χ2v) is 7.84. The zero-order valence-electron chi connectivity index (χ0n) is 15.4. The maximum atomic E-state index is 12.8. The van der Waals surface area contributed by atoms with Crippen LogP contribution in [0.25, 0.3) is 10.9 Å². The summed E-state index contributed by atoms with van der Waals surface area (Å²) in [5, 5.41) is 11.2. The minimum absolute atomic E-state index is 0.0827. The first-order valence-corrected chi connectivity index (χ1v) is 9.52. The number of aliphatic hydroxyl groups is 1. The fraction of sp³-hybridized carbons (Fsp3) is 0.571. The molecule has 0 radical (unpaired) electrons. The molecule has 0 bridgehead atoms. The highest BCUT2D eigenvalue weighted by Crippen LogP contribution is 2.35. The van der Waals surface area contributed by atoms with Gasteiger partial charge in [0.2, 0.25) is 5.91 Å². The standard InChI is InChI=1S/C21H30N2O2/c1-16(2)13-21(15-24)11-6-12-23(21)20(25)10-5-7-17-14-22-19-9-4-3-8-18(17)19/h3-4,8-9,14,16,22,24H,5-7,10-13,15H2,1-2H3. The number of benzene rings is 1. The summed E-state index contributed by atoms with van der Waals surface area (Å²) >= 11 is 0. The van der Waals surface area contributed by atoms with E-state index in [0.29, 0.717) is 12.3 Å². The van der Waals surface area contributed by atoms with Gasteiger partial charge in [0.1, 0.15) is 0 Å². The van der Waals surface area contributed by atoms with E-state index in [2.05, 4.69) is 43.2 Å². The zero-order chi connectivity index (χ0) is 17.9. The molecular weight excluding hydrogens is 312 g/mol. The van der Waals surface area contributed by atoms with E-state index < -0.39 is 0 Å². The summed E-state index contributed by atoms with van der Waals surface area (Å²) in [6, 6.07) is 8.29. The SMILES string of the molecule is CC(C)CC1(CO)CCCN1C(=O)CCCc1c[nH]c2ccccc12. The highest BCUT2D eigenvalue weighted by atomic mass is 16.3. The molecule has 1 aliphatic rings. The minimum atomic E-state index is -0.327. The van der Waals surface area contributed by atoms with Crippen molar-refractivity contribution in [2.75, 3.05) is 13.2 Å². The number of aromatic amines is 1. The number of hydrogen-bond acceptors (Lipinski definition) is 2. The lowest BCUT2D eigenvalue weighted by molar-refractivity contribution is -0.137. The Bertz CT molecular complexity index is 722. The summed E-state index contributed by atoms with van der Waals surface area (Å²) in [4.78, 5) is 18.1. The van der Waals surface area contributed by atoms with Gasteiger partial charge in [-0.05, 0) is 49.7 Å². The normalized spacial score (nSPS) is 20.7. The summed E-state index contributed by atoms with van der Waals surface area (Å²) < 4.78 is 0. The molecule has 2 heterocycles. The van der Waals surface area contributed by atoms with Crippen LogP contribution in [0.15, 0.2) is 30.5 Å². The van der Waals surface area contributed by atoms with E-state index in [1.807, 2.05) is 11.0 Å². The molecule has 3 rings (SSSR count). The van der Waals surface area contributed by atoms with E-state index in [1.165, 1.54) is 10.9 Å². The average molecular weight is 342 g/mol. The number of carbonyl (C=O) groups excluding carboxylic acids is 1. The van der Waals surface area contributed by atoms with Crippen molar-refractivity contribution in [3.05, 3.63) is 36.0 Å². The molecule has 4 heteroatoms. The Morgan fingerprint density at radius 1 is 1.36 bits per heavy atom. The van der Waals surface area contributed by atoms with Crippen LogP contribution < -0.4 is 0 Å². The lowest BCUT2D eigenvalue weighted by atomic mass is 9.87. The number of nitrogens with zero attached hydrogens (tertiary/aromatic N) is 1. The van der Waals surface area contributed by atoms with Crippen molar-refractivity contribution in [1.82, 2.24) is 9.88 Å². The van der Waals surface area contributed by atoms with Crippen molar-refractivity contribution in [2.45, 2.75) is 57.9 Å². The van der Waals surface area contributed by atoms with Gasteiger partial charge in [-0.1, -0.05) is 32.0 Å². The number of hydrogen-bond donors (Lipinski definition) is 2. The van der Waals surface area contributed by atoms with Crippen molar-refractivity contribution < 1.29 is 9.90 Å². The minimum Gasteiger partial charge on any atom is -0.394 e. The Kier molecular flexibility index (Phi) is 5.48. The molecule has 1 aliphatic heterocycles. The molecule has 1 saturated heterocycles. The van der Waals surface area contributed by atoms with Crippen LogP contribution in [0.2, 0.25) is 0 Å². The van der Waals surface area contributed by atoms with Gasteiger partial charge in [-0.15, -0.1) is 0 Å². The smallest absolute Gasteiger partial charge is 0.223 e. The maximum Gasteiger partial charge on any atom is 0.223 e. The van der Waals surface area contributed by atoms with Crippen molar-refractivity contribution in [3.63, 3.8) is 0 Å². The molecule has 25 heavy (non-hydrogen) atoms. The zero-order valence-corrected chi connectivity index (χ0v) is 15.4. The summed E-state index contributed by atoms with van der Waals surface area (Å²) in [7, 11) is 0.